The van der Waals surface area contributed by atoms with Crippen molar-refractivity contribution in [1.82, 2.24) is 20.1 Å². The molecule has 8 heteroatoms. The Labute approximate surface area is 143 Å². The van der Waals surface area contributed by atoms with Gasteiger partial charge in [0.25, 0.3) is 0 Å². The Morgan fingerprint density at radius 3 is 3.00 bits per heavy atom. The molecule has 2 fully saturated rings. The molecule has 1 amide bonds. The highest BCUT2D eigenvalue weighted by Gasteiger charge is 2.48. The van der Waals surface area contributed by atoms with Gasteiger partial charge >= 0.3 is 0 Å². The number of aromatic nitrogens is 3. The van der Waals surface area contributed by atoms with Crippen LogP contribution >= 0.6 is 0 Å². The van der Waals surface area contributed by atoms with Crippen LogP contribution in [0.4, 0.5) is 8.78 Å². The highest BCUT2D eigenvalue weighted by molar-refractivity contribution is 5.83. The van der Waals surface area contributed by atoms with Gasteiger partial charge in [0, 0.05) is 12.5 Å². The van der Waals surface area contributed by atoms with E-state index in [-0.39, 0.29) is 29.4 Å². The minimum absolute atomic E-state index is 0.0470. The first kappa shape index (κ1) is 16.1. The van der Waals surface area contributed by atoms with Gasteiger partial charge in [-0.25, -0.2) is 13.8 Å². The van der Waals surface area contributed by atoms with Gasteiger partial charge in [-0.3, -0.25) is 9.89 Å². The van der Waals surface area contributed by atoms with E-state index in [0.29, 0.717) is 37.8 Å². The standard InChI is InChI=1S/C17H18F2N4O2/c1-9-20-16(22-21-9)14-8-23(5-6-25-14)17(24)12-7-11(12)10-3-2-4-13(18)15(10)19/h2-4,11-12,14H,5-8H2,1H3,(H,20,21,22)/t11-,12-,14+/m1/s1. The van der Waals surface area contributed by atoms with E-state index in [4.69, 9.17) is 4.74 Å². The van der Waals surface area contributed by atoms with E-state index in [1.165, 1.54) is 6.07 Å². The maximum Gasteiger partial charge on any atom is 0.226 e. The Kier molecular flexibility index (Phi) is 3.99. The lowest BCUT2D eigenvalue weighted by Crippen LogP contribution is -2.43. The van der Waals surface area contributed by atoms with Gasteiger partial charge in [0.1, 0.15) is 11.9 Å². The number of morpholine rings is 1. The van der Waals surface area contributed by atoms with Crippen molar-refractivity contribution >= 4 is 5.91 Å². The number of rotatable bonds is 3. The lowest BCUT2D eigenvalue weighted by atomic mass is 10.1. The van der Waals surface area contributed by atoms with Crippen LogP contribution < -0.4 is 0 Å². The first-order chi connectivity index (χ1) is 12.0. The molecule has 4 rings (SSSR count). The molecular weight excluding hydrogens is 330 g/mol. The van der Waals surface area contributed by atoms with Gasteiger partial charge in [-0.1, -0.05) is 12.1 Å². The van der Waals surface area contributed by atoms with Gasteiger partial charge in [-0.2, -0.15) is 5.10 Å². The van der Waals surface area contributed by atoms with Gasteiger partial charge in [0.05, 0.1) is 13.2 Å². The minimum Gasteiger partial charge on any atom is -0.366 e. The van der Waals surface area contributed by atoms with Crippen molar-refractivity contribution < 1.29 is 18.3 Å². The molecule has 1 saturated heterocycles. The van der Waals surface area contributed by atoms with E-state index >= 15 is 0 Å². The fourth-order valence-corrected chi connectivity index (χ4v) is 3.36. The first-order valence-corrected chi connectivity index (χ1v) is 8.28. The Hall–Kier alpha value is -2.35. The monoisotopic (exact) mass is 348 g/mol. The molecule has 2 aromatic rings. The highest BCUT2D eigenvalue weighted by Crippen LogP contribution is 2.49. The lowest BCUT2D eigenvalue weighted by molar-refractivity contribution is -0.140. The molecule has 1 aromatic heterocycles. The van der Waals surface area contributed by atoms with Crippen molar-refractivity contribution in [2.45, 2.75) is 25.4 Å². The second-order valence-corrected chi connectivity index (χ2v) is 6.51. The predicted molar refractivity (Wildman–Crippen MR) is 83.6 cm³/mol. The molecule has 2 heterocycles. The van der Waals surface area contributed by atoms with Crippen LogP contribution in [0.25, 0.3) is 0 Å². The van der Waals surface area contributed by atoms with Crippen LogP contribution in [0.15, 0.2) is 18.2 Å². The number of H-pyrrole nitrogens is 1. The molecule has 0 unspecified atom stereocenters. The molecule has 0 spiro atoms. The Balaban J connectivity index is 1.44. The zero-order valence-electron chi connectivity index (χ0n) is 13.7. The Morgan fingerprint density at radius 1 is 1.40 bits per heavy atom. The summed E-state index contributed by atoms with van der Waals surface area (Å²) in [5.41, 5.74) is 0.285. The average Bonchev–Trinajstić information content (AvgIpc) is 3.29. The van der Waals surface area contributed by atoms with Gasteiger partial charge in [0.2, 0.25) is 5.91 Å². The topological polar surface area (TPSA) is 71.1 Å². The second kappa shape index (κ2) is 6.18. The third kappa shape index (κ3) is 3.02. The molecule has 1 aliphatic heterocycles. The summed E-state index contributed by atoms with van der Waals surface area (Å²) in [5.74, 6) is -1.11. The number of aromatic amines is 1. The number of amides is 1. The Morgan fingerprint density at radius 2 is 2.24 bits per heavy atom. The number of carbonyl (C=O) groups is 1. The SMILES string of the molecule is Cc1nc([C@@H]2CN(C(=O)[C@@H]3C[C@@H]3c3cccc(F)c3F)CCO2)n[nH]1. The molecule has 2 aliphatic rings. The van der Waals surface area contributed by atoms with Crippen LogP contribution in [0.3, 0.4) is 0 Å². The van der Waals surface area contributed by atoms with Gasteiger partial charge in [-0.05, 0) is 30.9 Å². The van der Waals surface area contributed by atoms with Crippen LogP contribution in [0, 0.1) is 24.5 Å². The zero-order chi connectivity index (χ0) is 17.6. The van der Waals surface area contributed by atoms with E-state index in [0.717, 1.165) is 6.07 Å². The van der Waals surface area contributed by atoms with E-state index in [1.54, 1.807) is 17.9 Å². The van der Waals surface area contributed by atoms with Crippen LogP contribution in [-0.4, -0.2) is 45.7 Å². The average molecular weight is 348 g/mol. The maximum absolute atomic E-state index is 13.9. The zero-order valence-corrected chi connectivity index (χ0v) is 13.7. The second-order valence-electron chi connectivity index (χ2n) is 6.51. The number of nitrogens with one attached hydrogen (secondary N) is 1. The van der Waals surface area contributed by atoms with Crippen LogP contribution in [-0.2, 0) is 9.53 Å². The van der Waals surface area contributed by atoms with Crippen molar-refractivity contribution in [3.63, 3.8) is 0 Å². The molecule has 1 N–H and O–H groups in total. The van der Waals surface area contributed by atoms with Crippen LogP contribution in [0.5, 0.6) is 0 Å². The molecule has 0 bridgehead atoms. The van der Waals surface area contributed by atoms with Crippen LogP contribution in [0.1, 0.15) is 35.7 Å². The number of hydrogen-bond donors (Lipinski definition) is 1. The Bertz CT molecular complexity index is 810. The smallest absolute Gasteiger partial charge is 0.226 e. The summed E-state index contributed by atoms with van der Waals surface area (Å²) in [6.07, 6.45) is 0.173. The molecule has 25 heavy (non-hydrogen) atoms. The van der Waals surface area contributed by atoms with E-state index in [2.05, 4.69) is 15.2 Å². The van der Waals surface area contributed by atoms with Gasteiger partial charge in [0.15, 0.2) is 17.5 Å². The number of benzene rings is 1. The van der Waals surface area contributed by atoms with Crippen LogP contribution in [0.2, 0.25) is 0 Å². The van der Waals surface area contributed by atoms with Crippen molar-refractivity contribution in [2.75, 3.05) is 19.7 Å². The summed E-state index contributed by atoms with van der Waals surface area (Å²) >= 11 is 0. The molecule has 1 aromatic carbocycles. The number of hydrogen-bond acceptors (Lipinski definition) is 4. The van der Waals surface area contributed by atoms with E-state index in [1.807, 2.05) is 0 Å². The summed E-state index contributed by atoms with van der Waals surface area (Å²) in [4.78, 5) is 18.7. The largest absolute Gasteiger partial charge is 0.366 e. The molecule has 1 saturated carbocycles. The van der Waals surface area contributed by atoms with Crippen molar-refractivity contribution in [1.29, 1.82) is 0 Å². The number of aryl methyl sites for hydroxylation is 1. The summed E-state index contributed by atoms with van der Waals surface area (Å²) in [7, 11) is 0. The quantitative estimate of drug-likeness (QED) is 0.922. The van der Waals surface area contributed by atoms with E-state index in [9.17, 15) is 13.6 Å². The fourth-order valence-electron chi connectivity index (χ4n) is 3.36. The molecule has 1 aliphatic carbocycles. The third-order valence-electron chi connectivity index (χ3n) is 4.77. The van der Waals surface area contributed by atoms with Gasteiger partial charge in [-0.15, -0.1) is 0 Å². The number of carbonyl (C=O) groups excluding carboxylic acids is 1. The third-order valence-corrected chi connectivity index (χ3v) is 4.77. The summed E-state index contributed by atoms with van der Waals surface area (Å²) in [5, 5.41) is 6.85. The molecule has 0 radical (unpaired) electrons. The van der Waals surface area contributed by atoms with Crippen molar-refractivity contribution in [2.24, 2.45) is 5.92 Å². The number of nitrogens with zero attached hydrogens (tertiary/aromatic N) is 3. The number of ether oxygens (including phenoxy) is 1. The molecular formula is C17H18F2N4O2. The first-order valence-electron chi connectivity index (χ1n) is 8.28. The normalized spacial score (nSPS) is 25.9. The minimum atomic E-state index is -0.873. The summed E-state index contributed by atoms with van der Waals surface area (Å²) < 4.78 is 33.0. The highest BCUT2D eigenvalue weighted by atomic mass is 19.2. The predicted octanol–water partition coefficient (Wildman–Crippen LogP) is 2.09. The van der Waals surface area contributed by atoms with E-state index < -0.39 is 11.6 Å². The maximum atomic E-state index is 13.9. The molecule has 3 atom stereocenters. The van der Waals surface area contributed by atoms with Gasteiger partial charge < -0.3 is 9.64 Å². The van der Waals surface area contributed by atoms with Crippen molar-refractivity contribution in [3.05, 3.63) is 47.0 Å². The lowest BCUT2D eigenvalue weighted by Gasteiger charge is -2.32. The fraction of sp³-hybridized carbons (Fsp3) is 0.471. The summed E-state index contributed by atoms with van der Waals surface area (Å²) in [6.45, 7) is 3.04. The number of halogens is 2. The van der Waals surface area contributed by atoms with Crippen molar-refractivity contribution in [3.8, 4) is 0 Å². The molecule has 132 valence electrons. The molecule has 6 nitrogen and oxygen atoms in total. The summed E-state index contributed by atoms with van der Waals surface area (Å²) in [6, 6.07) is 4.11.